The molecule has 0 saturated heterocycles. The molecule has 8 heteroatoms. The molecule has 1 atom stereocenters. The molecule has 0 spiro atoms. The molecule has 2 aromatic heterocycles. The zero-order valence-electron chi connectivity index (χ0n) is 18.4. The minimum Gasteiger partial charge on any atom is -0.475 e. The van der Waals surface area contributed by atoms with Crippen molar-refractivity contribution >= 4 is 17.7 Å². The summed E-state index contributed by atoms with van der Waals surface area (Å²) in [5.74, 6) is 1.62. The maximum atomic E-state index is 12.4. The number of benzene rings is 1. The van der Waals surface area contributed by atoms with Gasteiger partial charge in [0.25, 0.3) is 0 Å². The summed E-state index contributed by atoms with van der Waals surface area (Å²) in [5.41, 5.74) is 1.94. The Morgan fingerprint density at radius 2 is 1.90 bits per heavy atom. The standard InChI is InChI=1S/C23H29N5O2S/c1-5-17(4)28-22(19-9-7-6-8-10-19)26-27-23(28)31-15-20(29)24-13-18-11-12-21(25-14-18)30-16(2)3/h6-12,14,16-17H,5,13,15H2,1-4H3,(H,24,29). The first-order chi connectivity index (χ1) is 15.0. The molecule has 1 unspecified atom stereocenters. The first kappa shape index (κ1) is 22.8. The summed E-state index contributed by atoms with van der Waals surface area (Å²) in [7, 11) is 0. The highest BCUT2D eigenvalue weighted by molar-refractivity contribution is 7.99. The molecule has 7 nitrogen and oxygen atoms in total. The highest BCUT2D eigenvalue weighted by Crippen LogP contribution is 2.28. The molecule has 3 rings (SSSR count). The maximum absolute atomic E-state index is 12.4. The Hall–Kier alpha value is -2.87. The number of hydrogen-bond donors (Lipinski definition) is 1. The van der Waals surface area contributed by atoms with Crippen molar-refractivity contribution in [2.24, 2.45) is 0 Å². The van der Waals surface area contributed by atoms with E-state index in [2.05, 4.69) is 38.9 Å². The second kappa shape index (κ2) is 10.9. The number of carbonyl (C=O) groups excluding carboxylic acids is 1. The van der Waals surface area contributed by atoms with E-state index >= 15 is 0 Å². The van der Waals surface area contributed by atoms with Gasteiger partial charge < -0.3 is 10.1 Å². The molecule has 0 saturated carbocycles. The van der Waals surface area contributed by atoms with E-state index in [1.54, 1.807) is 6.20 Å². The van der Waals surface area contributed by atoms with Crippen LogP contribution in [0.3, 0.4) is 0 Å². The normalized spacial score (nSPS) is 12.0. The molecule has 0 aliphatic rings. The van der Waals surface area contributed by atoms with Crippen LogP contribution in [0.4, 0.5) is 0 Å². The van der Waals surface area contributed by atoms with E-state index in [1.807, 2.05) is 56.3 Å². The minimum absolute atomic E-state index is 0.0625. The van der Waals surface area contributed by atoms with Crippen molar-refractivity contribution in [1.29, 1.82) is 0 Å². The first-order valence-electron chi connectivity index (χ1n) is 10.5. The lowest BCUT2D eigenvalue weighted by molar-refractivity contribution is -0.118. The van der Waals surface area contributed by atoms with E-state index in [9.17, 15) is 4.79 Å². The van der Waals surface area contributed by atoms with Crippen molar-refractivity contribution in [1.82, 2.24) is 25.1 Å². The third kappa shape index (κ3) is 6.30. The van der Waals surface area contributed by atoms with E-state index in [1.165, 1.54) is 11.8 Å². The highest BCUT2D eigenvalue weighted by Gasteiger charge is 2.19. The van der Waals surface area contributed by atoms with Gasteiger partial charge in [-0.15, -0.1) is 10.2 Å². The zero-order valence-corrected chi connectivity index (χ0v) is 19.2. The number of carbonyl (C=O) groups is 1. The zero-order chi connectivity index (χ0) is 22.2. The van der Waals surface area contributed by atoms with Gasteiger partial charge in [-0.1, -0.05) is 55.1 Å². The number of pyridine rings is 1. The summed E-state index contributed by atoms with van der Waals surface area (Å²) in [5, 5.41) is 12.4. The van der Waals surface area contributed by atoms with Gasteiger partial charge in [-0.3, -0.25) is 9.36 Å². The van der Waals surface area contributed by atoms with E-state index in [0.717, 1.165) is 28.5 Å². The number of nitrogens with one attached hydrogen (secondary N) is 1. The molecule has 1 amide bonds. The summed E-state index contributed by atoms with van der Waals surface area (Å²) in [6.45, 7) is 8.60. The topological polar surface area (TPSA) is 81.9 Å². The van der Waals surface area contributed by atoms with Crippen molar-refractivity contribution in [2.45, 2.75) is 58.0 Å². The molecule has 0 radical (unpaired) electrons. The largest absolute Gasteiger partial charge is 0.475 e. The van der Waals surface area contributed by atoms with Crippen molar-refractivity contribution in [2.75, 3.05) is 5.75 Å². The Morgan fingerprint density at radius 1 is 1.13 bits per heavy atom. The molecular formula is C23H29N5O2S. The Labute approximate surface area is 187 Å². The lowest BCUT2D eigenvalue weighted by Gasteiger charge is -2.16. The fourth-order valence-corrected chi connectivity index (χ4v) is 3.81. The molecule has 164 valence electrons. The number of ether oxygens (including phenoxy) is 1. The van der Waals surface area contributed by atoms with Gasteiger partial charge in [0, 0.05) is 30.4 Å². The average molecular weight is 440 g/mol. The van der Waals surface area contributed by atoms with E-state index < -0.39 is 0 Å². The summed E-state index contributed by atoms with van der Waals surface area (Å²) < 4.78 is 7.65. The van der Waals surface area contributed by atoms with Gasteiger partial charge in [0.15, 0.2) is 11.0 Å². The predicted octanol–water partition coefficient (Wildman–Crippen LogP) is 4.51. The van der Waals surface area contributed by atoms with Gasteiger partial charge in [-0.25, -0.2) is 4.98 Å². The molecular weight excluding hydrogens is 410 g/mol. The number of hydrogen-bond acceptors (Lipinski definition) is 6. The smallest absolute Gasteiger partial charge is 0.230 e. The molecule has 0 fully saturated rings. The molecule has 2 heterocycles. The number of aromatic nitrogens is 4. The highest BCUT2D eigenvalue weighted by atomic mass is 32.2. The Kier molecular flexibility index (Phi) is 8.06. The molecule has 1 N–H and O–H groups in total. The fourth-order valence-electron chi connectivity index (χ4n) is 2.95. The van der Waals surface area contributed by atoms with Gasteiger partial charge in [-0.2, -0.15) is 0 Å². The quantitative estimate of drug-likeness (QED) is 0.468. The monoisotopic (exact) mass is 439 g/mol. The van der Waals surface area contributed by atoms with Crippen molar-refractivity contribution < 1.29 is 9.53 Å². The summed E-state index contributed by atoms with van der Waals surface area (Å²) >= 11 is 1.40. The van der Waals surface area contributed by atoms with Crippen LogP contribution in [-0.2, 0) is 11.3 Å². The Morgan fingerprint density at radius 3 is 2.55 bits per heavy atom. The van der Waals surface area contributed by atoms with Crippen LogP contribution in [0.1, 0.15) is 45.7 Å². The summed E-state index contributed by atoms with van der Waals surface area (Å²) in [6.07, 6.45) is 2.74. The van der Waals surface area contributed by atoms with Crippen LogP contribution < -0.4 is 10.1 Å². The predicted molar refractivity (Wildman–Crippen MR) is 123 cm³/mol. The van der Waals surface area contributed by atoms with Gasteiger partial charge in [0.1, 0.15) is 0 Å². The number of amides is 1. The van der Waals surface area contributed by atoms with Crippen LogP contribution in [0.2, 0.25) is 0 Å². The molecule has 1 aromatic carbocycles. The van der Waals surface area contributed by atoms with Crippen LogP contribution in [0.25, 0.3) is 11.4 Å². The third-order valence-corrected chi connectivity index (χ3v) is 5.65. The SMILES string of the molecule is CCC(C)n1c(SCC(=O)NCc2ccc(OC(C)C)nc2)nnc1-c1ccccc1. The van der Waals surface area contributed by atoms with Gasteiger partial charge in [0.05, 0.1) is 11.9 Å². The number of rotatable bonds is 10. The van der Waals surface area contributed by atoms with Crippen molar-refractivity contribution in [3.8, 4) is 17.3 Å². The summed E-state index contributed by atoms with van der Waals surface area (Å²) in [6, 6.07) is 14.0. The van der Waals surface area contributed by atoms with Gasteiger partial charge in [-0.05, 0) is 32.8 Å². The lowest BCUT2D eigenvalue weighted by Crippen LogP contribution is -2.25. The number of thioether (sulfide) groups is 1. The lowest BCUT2D eigenvalue weighted by atomic mass is 10.2. The molecule has 0 aliphatic heterocycles. The maximum Gasteiger partial charge on any atom is 0.230 e. The van der Waals surface area contributed by atoms with Crippen LogP contribution in [0.5, 0.6) is 5.88 Å². The fraction of sp³-hybridized carbons (Fsp3) is 0.391. The second-order valence-corrected chi connectivity index (χ2v) is 8.48. The average Bonchev–Trinajstić information content (AvgIpc) is 3.21. The Bertz CT molecular complexity index is 973. The number of nitrogens with zero attached hydrogens (tertiary/aromatic N) is 4. The van der Waals surface area contributed by atoms with Crippen LogP contribution in [0.15, 0.2) is 53.8 Å². The van der Waals surface area contributed by atoms with E-state index in [0.29, 0.717) is 12.4 Å². The van der Waals surface area contributed by atoms with E-state index in [-0.39, 0.29) is 23.8 Å². The second-order valence-electron chi connectivity index (χ2n) is 7.54. The minimum atomic E-state index is -0.0625. The van der Waals surface area contributed by atoms with Crippen LogP contribution >= 0.6 is 11.8 Å². The molecule has 0 aliphatic carbocycles. The van der Waals surface area contributed by atoms with Crippen molar-refractivity contribution in [3.63, 3.8) is 0 Å². The van der Waals surface area contributed by atoms with E-state index in [4.69, 9.17) is 4.74 Å². The van der Waals surface area contributed by atoms with Gasteiger partial charge >= 0.3 is 0 Å². The van der Waals surface area contributed by atoms with Gasteiger partial charge in [0.2, 0.25) is 11.8 Å². The third-order valence-electron chi connectivity index (χ3n) is 4.70. The van der Waals surface area contributed by atoms with Crippen LogP contribution in [0, 0.1) is 0 Å². The van der Waals surface area contributed by atoms with Crippen molar-refractivity contribution in [3.05, 3.63) is 54.2 Å². The Balaban J connectivity index is 1.59. The summed E-state index contributed by atoms with van der Waals surface area (Å²) in [4.78, 5) is 16.7. The first-order valence-corrected chi connectivity index (χ1v) is 11.5. The van der Waals surface area contributed by atoms with Crippen LogP contribution in [-0.4, -0.2) is 37.5 Å². The molecule has 0 bridgehead atoms. The molecule has 3 aromatic rings. The molecule has 31 heavy (non-hydrogen) atoms.